The average molecular weight is 962 g/mol. The van der Waals surface area contributed by atoms with Gasteiger partial charge in [-0.2, -0.15) is 0 Å². The predicted molar refractivity (Wildman–Crippen MR) is 260 cm³/mol. The molecule has 4 N–H and O–H groups in total. The third-order valence-electron chi connectivity index (χ3n) is 13.5. The molecular weight excluding hydrogens is 902 g/mol. The lowest BCUT2D eigenvalue weighted by atomic mass is 9.95. The molecule has 4 amide bonds. The lowest BCUT2D eigenvalue weighted by Gasteiger charge is -2.30. The Morgan fingerprint density at radius 2 is 1.35 bits per heavy atom. The molecule has 5 atom stereocenters. The number of halogens is 1. The zero-order valence-electron chi connectivity index (χ0n) is 40.4. The number of aromatic nitrogens is 5. The summed E-state index contributed by atoms with van der Waals surface area (Å²) in [5, 5.41) is 6.27. The molecule has 2 saturated heterocycles. The normalized spacial score (nSPS) is 18.8. The van der Waals surface area contributed by atoms with Gasteiger partial charge in [-0.1, -0.05) is 54.5 Å². The Balaban J connectivity index is 1.04. The van der Waals surface area contributed by atoms with Crippen molar-refractivity contribution in [2.75, 3.05) is 27.3 Å². The number of hydrogen-bond donors (Lipinski definition) is 4. The van der Waals surface area contributed by atoms with Gasteiger partial charge in [0, 0.05) is 34.5 Å². The second-order valence-electron chi connectivity index (χ2n) is 19.9. The lowest BCUT2D eigenvalue weighted by molar-refractivity contribution is -0.136. The van der Waals surface area contributed by atoms with Crippen LogP contribution in [0.2, 0.25) is 0 Å². The fourth-order valence-electron chi connectivity index (χ4n) is 9.87. The number of nitrogens with one attached hydrogen (secondary N) is 4. The van der Waals surface area contributed by atoms with E-state index in [2.05, 4.69) is 64.1 Å². The van der Waals surface area contributed by atoms with Crippen molar-refractivity contribution in [2.24, 2.45) is 11.8 Å². The summed E-state index contributed by atoms with van der Waals surface area (Å²) in [5.41, 5.74) is 4.50. The summed E-state index contributed by atoms with van der Waals surface area (Å²) in [6.07, 6.45) is 4.45. The highest BCUT2D eigenvalue weighted by Crippen LogP contribution is 2.49. The zero-order valence-corrected chi connectivity index (χ0v) is 41.3. The predicted octanol–water partition coefficient (Wildman–Crippen LogP) is 9.61. The van der Waals surface area contributed by atoms with Crippen LogP contribution in [-0.2, 0) is 24.5 Å². The number of H-pyrrole nitrogens is 2. The SMILES string of the molecule is COC(=O)N[C@H](C(=O)N1CCC[C@@H]1c1ncc(-c2cc(F)c3c(c2)OC(c2ccc(C(C)(C)C)s2)n2c-3cc3cc(-c4cnc([C@@H]5CCCN5C(=O)[C@@H](NC(=O)OC)C(C)C)[nH]4)ccc32)[nH]1)C(C)C. The zero-order chi connectivity index (χ0) is 49.1. The minimum atomic E-state index is -0.773. The van der Waals surface area contributed by atoms with Gasteiger partial charge in [0.1, 0.15) is 35.3 Å². The Labute approximate surface area is 404 Å². The molecule has 2 aromatic carbocycles. The number of imidazole rings is 2. The number of likely N-dealkylation sites (tertiary alicyclic amines) is 2. The third-order valence-corrected chi connectivity index (χ3v) is 15.1. The van der Waals surface area contributed by atoms with E-state index in [-0.39, 0.29) is 41.1 Å². The number of thiophene rings is 1. The molecule has 16 nitrogen and oxygen atoms in total. The molecule has 69 heavy (non-hydrogen) atoms. The monoisotopic (exact) mass is 961 g/mol. The van der Waals surface area contributed by atoms with Crippen LogP contribution in [0.3, 0.4) is 0 Å². The first kappa shape index (κ1) is 47.4. The first-order valence-electron chi connectivity index (χ1n) is 23.6. The highest BCUT2D eigenvalue weighted by molar-refractivity contribution is 7.12. The molecule has 0 bridgehead atoms. The molecule has 3 aliphatic rings. The summed E-state index contributed by atoms with van der Waals surface area (Å²) in [4.78, 5) is 74.0. The molecule has 0 saturated carbocycles. The van der Waals surface area contributed by atoms with Gasteiger partial charge in [-0.05, 0) is 85.4 Å². The summed E-state index contributed by atoms with van der Waals surface area (Å²) in [5.74, 6) is 0.418. The van der Waals surface area contributed by atoms with E-state index in [1.54, 1.807) is 33.5 Å². The van der Waals surface area contributed by atoms with Crippen molar-refractivity contribution in [1.29, 1.82) is 0 Å². The molecule has 18 heteroatoms. The van der Waals surface area contributed by atoms with E-state index in [1.807, 2.05) is 52.0 Å². The number of benzene rings is 2. The maximum atomic E-state index is 17.0. The molecule has 1 unspecified atom stereocenters. The molecule has 3 aliphatic heterocycles. The Hall–Kier alpha value is -6.69. The number of aromatic amines is 2. The number of fused-ring (bicyclic) bond motifs is 5. The number of amides is 4. The highest BCUT2D eigenvalue weighted by Gasteiger charge is 2.40. The molecule has 0 radical (unpaired) electrons. The molecule has 6 aromatic rings. The van der Waals surface area contributed by atoms with E-state index in [1.165, 1.54) is 25.2 Å². The van der Waals surface area contributed by atoms with Crippen LogP contribution in [0.25, 0.3) is 44.7 Å². The minimum Gasteiger partial charge on any atom is -0.464 e. The largest absolute Gasteiger partial charge is 0.464 e. The van der Waals surface area contributed by atoms with Crippen molar-refractivity contribution in [3.63, 3.8) is 0 Å². The van der Waals surface area contributed by atoms with Gasteiger partial charge in [-0.3, -0.25) is 14.2 Å². The van der Waals surface area contributed by atoms with Gasteiger partial charge in [0.15, 0.2) is 0 Å². The van der Waals surface area contributed by atoms with Crippen LogP contribution in [-0.4, -0.2) is 97.7 Å². The van der Waals surface area contributed by atoms with E-state index in [0.717, 1.165) is 46.3 Å². The van der Waals surface area contributed by atoms with E-state index in [4.69, 9.17) is 24.2 Å². The van der Waals surface area contributed by atoms with Crippen LogP contribution in [0.4, 0.5) is 14.0 Å². The van der Waals surface area contributed by atoms with E-state index in [9.17, 15) is 19.2 Å². The van der Waals surface area contributed by atoms with Crippen LogP contribution >= 0.6 is 11.3 Å². The Kier molecular flexibility index (Phi) is 12.8. The fourth-order valence-corrected chi connectivity index (χ4v) is 11.0. The number of hydrogen-bond acceptors (Lipinski definition) is 10. The standard InChI is InChI=1S/C51H60FN9O7S/c1-26(2)42(57-49(64)66-8)46(62)59-18-10-12-35(59)44-53-24-32(55-44)28-14-15-34-30(20-28)22-37-41-31(52)21-29(23-38(41)68-48(61(34)37)39-16-17-40(69-39)51(5,6)7)33-25-54-45(56-33)36-13-11-19-60(36)47(63)43(27(3)4)58-50(65)67-9/h14-17,20-27,35-36,42-43,48H,10-13,18-19H2,1-9H3,(H,53,55)(H,54,56)(H,57,64)(H,58,65)/t35-,36+,42-,43-,48?/m0/s1. The topological polar surface area (TPSA) is 189 Å². The first-order chi connectivity index (χ1) is 32.9. The summed E-state index contributed by atoms with van der Waals surface area (Å²) in [7, 11) is 2.55. The van der Waals surface area contributed by atoms with Gasteiger partial charge in [0.05, 0.1) is 71.7 Å². The number of ether oxygens (including phenoxy) is 3. The number of nitrogens with zero attached hydrogens (tertiary/aromatic N) is 5. The molecule has 364 valence electrons. The number of alkyl carbamates (subject to hydrolysis) is 2. The van der Waals surface area contributed by atoms with Crippen LogP contribution in [0.5, 0.6) is 5.75 Å². The van der Waals surface area contributed by atoms with Gasteiger partial charge in [0.25, 0.3) is 0 Å². The Morgan fingerprint density at radius 3 is 1.87 bits per heavy atom. The van der Waals surface area contributed by atoms with E-state index < -0.39 is 36.3 Å². The molecule has 9 rings (SSSR count). The molecule has 7 heterocycles. The number of methoxy groups -OCH3 is 2. The summed E-state index contributed by atoms with van der Waals surface area (Å²) >= 11 is 1.67. The highest BCUT2D eigenvalue weighted by atomic mass is 32.1. The molecule has 4 aromatic heterocycles. The Morgan fingerprint density at radius 1 is 0.783 bits per heavy atom. The van der Waals surface area contributed by atoms with Crippen LogP contribution in [0.1, 0.15) is 114 Å². The van der Waals surface area contributed by atoms with Gasteiger partial charge < -0.3 is 44.6 Å². The summed E-state index contributed by atoms with van der Waals surface area (Å²) in [6, 6.07) is 13.5. The molecular formula is C51H60FN9O7S. The van der Waals surface area contributed by atoms with Gasteiger partial charge in [-0.15, -0.1) is 11.3 Å². The fraction of sp³-hybridized carbons (Fsp3) is 0.451. The van der Waals surface area contributed by atoms with Crippen molar-refractivity contribution in [2.45, 2.75) is 110 Å². The second kappa shape index (κ2) is 18.7. The van der Waals surface area contributed by atoms with Crippen molar-refractivity contribution >= 4 is 46.2 Å². The van der Waals surface area contributed by atoms with E-state index in [0.29, 0.717) is 59.4 Å². The number of carbonyl (C=O) groups is 4. The quantitative estimate of drug-likeness (QED) is 0.0980. The Bertz CT molecular complexity index is 2930. The smallest absolute Gasteiger partial charge is 0.407 e. The number of carbonyl (C=O) groups excluding carboxylic acids is 4. The molecule has 0 aliphatic carbocycles. The van der Waals surface area contributed by atoms with Gasteiger partial charge >= 0.3 is 12.2 Å². The average Bonchev–Trinajstić information content (AvgIpc) is 4.18. The lowest BCUT2D eigenvalue weighted by Crippen LogP contribution is -2.51. The molecule has 2 fully saturated rings. The summed E-state index contributed by atoms with van der Waals surface area (Å²) in [6.45, 7) is 15.1. The van der Waals surface area contributed by atoms with Crippen molar-refractivity contribution in [1.82, 2.24) is 44.9 Å². The van der Waals surface area contributed by atoms with Crippen LogP contribution in [0, 0.1) is 17.7 Å². The maximum absolute atomic E-state index is 17.0. The van der Waals surface area contributed by atoms with E-state index >= 15 is 4.39 Å². The molecule has 0 spiro atoms. The van der Waals surface area contributed by atoms with Crippen molar-refractivity contribution in [3.8, 4) is 39.5 Å². The summed E-state index contributed by atoms with van der Waals surface area (Å²) < 4.78 is 35.5. The van der Waals surface area contributed by atoms with Crippen LogP contribution in [0.15, 0.2) is 60.9 Å². The van der Waals surface area contributed by atoms with Crippen molar-refractivity contribution in [3.05, 3.63) is 88.1 Å². The number of rotatable bonds is 11. The maximum Gasteiger partial charge on any atom is 0.407 e. The van der Waals surface area contributed by atoms with Crippen LogP contribution < -0.4 is 15.4 Å². The minimum absolute atomic E-state index is 0.0987. The van der Waals surface area contributed by atoms with Gasteiger partial charge in [0.2, 0.25) is 18.0 Å². The van der Waals surface area contributed by atoms with Crippen molar-refractivity contribution < 1.29 is 37.8 Å². The second-order valence-corrected chi connectivity index (χ2v) is 21.0. The first-order valence-corrected chi connectivity index (χ1v) is 24.4. The third kappa shape index (κ3) is 8.94. The van der Waals surface area contributed by atoms with Gasteiger partial charge in [-0.25, -0.2) is 23.9 Å².